The molecule has 0 amide bonds. The molecule has 1 unspecified atom stereocenters. The number of hydrogen-bond acceptors (Lipinski definition) is 1. The minimum atomic E-state index is 0.596. The Labute approximate surface area is 98.8 Å². The molecule has 1 aromatic rings. The molecule has 1 atom stereocenters. The molecule has 0 N–H and O–H groups in total. The fourth-order valence-electron chi connectivity index (χ4n) is 1.47. The molecule has 0 bridgehead atoms. The van der Waals surface area contributed by atoms with E-state index in [1.54, 1.807) is 6.20 Å². The lowest BCUT2D eigenvalue weighted by Crippen LogP contribution is -2.04. The summed E-state index contributed by atoms with van der Waals surface area (Å²) in [6.07, 6.45) is 6.25. The van der Waals surface area contributed by atoms with E-state index in [2.05, 4.69) is 28.0 Å². The summed E-state index contributed by atoms with van der Waals surface area (Å²) in [4.78, 5) is 0.596. The average molecular weight is 280 g/mol. The van der Waals surface area contributed by atoms with Crippen LogP contribution in [0.2, 0.25) is 5.02 Å². The maximum atomic E-state index is 6.01. The number of halogens is 2. The minimum Gasteiger partial charge on any atom is -0.271 e. The topological polar surface area (TPSA) is 17.8 Å². The van der Waals surface area contributed by atoms with Gasteiger partial charge in [-0.2, -0.15) is 5.10 Å². The maximum absolute atomic E-state index is 6.01. The SMILES string of the molecule is CCCC(Br)CCc1c(Cl)cnn1C. The largest absolute Gasteiger partial charge is 0.271 e. The third-order valence-electron chi connectivity index (χ3n) is 2.31. The third-order valence-corrected chi connectivity index (χ3v) is 3.54. The van der Waals surface area contributed by atoms with Gasteiger partial charge in [-0.15, -0.1) is 0 Å². The molecule has 1 rings (SSSR count). The molecule has 0 aliphatic heterocycles. The van der Waals surface area contributed by atoms with E-state index in [-0.39, 0.29) is 0 Å². The summed E-state index contributed by atoms with van der Waals surface area (Å²) in [6, 6.07) is 0. The first kappa shape index (κ1) is 12.1. The predicted octanol–water partition coefficient (Wildman–Crippen LogP) is 3.57. The van der Waals surface area contributed by atoms with Gasteiger partial charge in [-0.3, -0.25) is 4.68 Å². The van der Waals surface area contributed by atoms with E-state index in [4.69, 9.17) is 11.6 Å². The molecular formula is C10H16BrClN2. The lowest BCUT2D eigenvalue weighted by Gasteiger charge is -2.08. The Bertz CT molecular complexity index is 266. The zero-order chi connectivity index (χ0) is 10.6. The Morgan fingerprint density at radius 2 is 2.29 bits per heavy atom. The van der Waals surface area contributed by atoms with Gasteiger partial charge in [0.05, 0.1) is 16.9 Å². The molecule has 14 heavy (non-hydrogen) atoms. The van der Waals surface area contributed by atoms with Crippen LogP contribution in [0.25, 0.3) is 0 Å². The van der Waals surface area contributed by atoms with Gasteiger partial charge in [0.15, 0.2) is 0 Å². The predicted molar refractivity (Wildman–Crippen MR) is 64.2 cm³/mol. The third kappa shape index (κ3) is 3.28. The van der Waals surface area contributed by atoms with Gasteiger partial charge in [-0.1, -0.05) is 40.9 Å². The lowest BCUT2D eigenvalue weighted by atomic mass is 10.1. The highest BCUT2D eigenvalue weighted by Crippen LogP contribution is 2.20. The van der Waals surface area contributed by atoms with Crippen LogP contribution >= 0.6 is 27.5 Å². The fraction of sp³-hybridized carbons (Fsp3) is 0.700. The standard InChI is InChI=1S/C10H16BrClN2/c1-3-4-8(11)5-6-10-9(12)7-13-14(10)2/h7-8H,3-6H2,1-2H3. The summed E-state index contributed by atoms with van der Waals surface area (Å²) in [6.45, 7) is 2.20. The fourth-order valence-corrected chi connectivity index (χ4v) is 2.42. The van der Waals surface area contributed by atoms with Crippen molar-refractivity contribution >= 4 is 27.5 Å². The molecule has 0 radical (unpaired) electrons. The van der Waals surface area contributed by atoms with Crippen molar-refractivity contribution in [2.24, 2.45) is 7.05 Å². The molecule has 0 aliphatic carbocycles. The van der Waals surface area contributed by atoms with Crippen molar-refractivity contribution in [3.63, 3.8) is 0 Å². The van der Waals surface area contributed by atoms with Crippen molar-refractivity contribution in [3.8, 4) is 0 Å². The Hall–Kier alpha value is -0.0200. The van der Waals surface area contributed by atoms with Crippen molar-refractivity contribution in [2.45, 2.75) is 37.4 Å². The van der Waals surface area contributed by atoms with Crippen LogP contribution in [-0.2, 0) is 13.5 Å². The molecule has 0 spiro atoms. The lowest BCUT2D eigenvalue weighted by molar-refractivity contribution is 0.647. The van der Waals surface area contributed by atoms with Crippen LogP contribution in [0.5, 0.6) is 0 Å². The van der Waals surface area contributed by atoms with Crippen molar-refractivity contribution in [1.82, 2.24) is 9.78 Å². The number of aromatic nitrogens is 2. The normalized spacial score (nSPS) is 13.1. The van der Waals surface area contributed by atoms with Gasteiger partial charge in [0.2, 0.25) is 0 Å². The highest BCUT2D eigenvalue weighted by atomic mass is 79.9. The highest BCUT2D eigenvalue weighted by Gasteiger charge is 2.09. The summed E-state index contributed by atoms with van der Waals surface area (Å²) in [5.41, 5.74) is 1.13. The van der Waals surface area contributed by atoms with E-state index in [0.29, 0.717) is 4.83 Å². The zero-order valence-corrected chi connectivity index (χ0v) is 11.0. The smallest absolute Gasteiger partial charge is 0.0817 e. The molecule has 1 aromatic heterocycles. The van der Waals surface area contributed by atoms with Crippen LogP contribution in [0, 0.1) is 0 Å². The van der Waals surface area contributed by atoms with Crippen molar-refractivity contribution < 1.29 is 0 Å². The van der Waals surface area contributed by atoms with Crippen LogP contribution in [-0.4, -0.2) is 14.6 Å². The number of aryl methyl sites for hydroxylation is 1. The Morgan fingerprint density at radius 1 is 1.57 bits per heavy atom. The van der Waals surface area contributed by atoms with E-state index in [0.717, 1.165) is 23.6 Å². The van der Waals surface area contributed by atoms with Crippen LogP contribution in [0.1, 0.15) is 31.9 Å². The molecule has 1 heterocycles. The van der Waals surface area contributed by atoms with Gasteiger partial charge in [0.1, 0.15) is 0 Å². The molecule has 2 nitrogen and oxygen atoms in total. The van der Waals surface area contributed by atoms with Crippen LogP contribution in [0.3, 0.4) is 0 Å². The number of nitrogens with zero attached hydrogens (tertiary/aromatic N) is 2. The van der Waals surface area contributed by atoms with E-state index >= 15 is 0 Å². The first-order valence-electron chi connectivity index (χ1n) is 4.95. The Kier molecular flexibility index (Phi) is 4.96. The summed E-state index contributed by atoms with van der Waals surface area (Å²) in [5, 5.41) is 4.89. The van der Waals surface area contributed by atoms with Gasteiger partial charge in [-0.25, -0.2) is 0 Å². The highest BCUT2D eigenvalue weighted by molar-refractivity contribution is 9.09. The summed E-state index contributed by atoms with van der Waals surface area (Å²) >= 11 is 9.67. The molecular weight excluding hydrogens is 263 g/mol. The minimum absolute atomic E-state index is 0.596. The van der Waals surface area contributed by atoms with Gasteiger partial charge in [0.25, 0.3) is 0 Å². The second-order valence-corrected chi connectivity index (χ2v) is 5.19. The molecule has 0 aliphatic rings. The van der Waals surface area contributed by atoms with Crippen molar-refractivity contribution in [3.05, 3.63) is 16.9 Å². The van der Waals surface area contributed by atoms with Gasteiger partial charge in [-0.05, 0) is 19.3 Å². The van der Waals surface area contributed by atoms with Crippen molar-refractivity contribution in [1.29, 1.82) is 0 Å². The number of rotatable bonds is 5. The maximum Gasteiger partial charge on any atom is 0.0817 e. The molecule has 4 heteroatoms. The van der Waals surface area contributed by atoms with Crippen LogP contribution in [0.4, 0.5) is 0 Å². The van der Waals surface area contributed by atoms with E-state index in [1.165, 1.54) is 12.8 Å². The van der Waals surface area contributed by atoms with Crippen LogP contribution in [0.15, 0.2) is 6.20 Å². The summed E-state index contributed by atoms with van der Waals surface area (Å²) in [7, 11) is 1.93. The van der Waals surface area contributed by atoms with Crippen LogP contribution < -0.4 is 0 Å². The molecule has 0 aromatic carbocycles. The average Bonchev–Trinajstić information content (AvgIpc) is 2.44. The van der Waals surface area contributed by atoms with Gasteiger partial charge < -0.3 is 0 Å². The molecule has 0 saturated heterocycles. The zero-order valence-electron chi connectivity index (χ0n) is 8.63. The summed E-state index contributed by atoms with van der Waals surface area (Å²) < 4.78 is 1.86. The first-order valence-corrected chi connectivity index (χ1v) is 6.25. The molecule has 0 saturated carbocycles. The van der Waals surface area contributed by atoms with E-state index in [1.807, 2.05) is 11.7 Å². The molecule has 80 valence electrons. The van der Waals surface area contributed by atoms with Crippen molar-refractivity contribution in [2.75, 3.05) is 0 Å². The first-order chi connectivity index (χ1) is 6.65. The number of alkyl halides is 1. The second-order valence-electron chi connectivity index (χ2n) is 3.49. The quantitative estimate of drug-likeness (QED) is 0.754. The monoisotopic (exact) mass is 278 g/mol. The Balaban J connectivity index is 2.45. The summed E-state index contributed by atoms with van der Waals surface area (Å²) in [5.74, 6) is 0. The van der Waals surface area contributed by atoms with E-state index < -0.39 is 0 Å². The second kappa shape index (κ2) is 5.76. The Morgan fingerprint density at radius 3 is 2.79 bits per heavy atom. The molecule has 0 fully saturated rings. The van der Waals surface area contributed by atoms with Gasteiger partial charge >= 0.3 is 0 Å². The van der Waals surface area contributed by atoms with E-state index in [9.17, 15) is 0 Å². The number of hydrogen-bond donors (Lipinski definition) is 0. The van der Waals surface area contributed by atoms with Gasteiger partial charge in [0, 0.05) is 11.9 Å².